The van der Waals surface area contributed by atoms with Crippen LogP contribution < -0.4 is 0 Å². The van der Waals surface area contributed by atoms with E-state index in [9.17, 15) is 0 Å². The van der Waals surface area contributed by atoms with Crippen LogP contribution in [0.1, 0.15) is 23.4 Å². The van der Waals surface area contributed by atoms with E-state index in [4.69, 9.17) is 21.3 Å². The van der Waals surface area contributed by atoms with Crippen molar-refractivity contribution in [3.63, 3.8) is 0 Å². The third-order valence-electron chi connectivity index (χ3n) is 3.15. The normalized spacial score (nSPS) is 10.9. The van der Waals surface area contributed by atoms with Crippen molar-refractivity contribution in [1.82, 2.24) is 14.7 Å². The standard InChI is InChI=1S/C14H17ClN4O/c1-11-13(14(15)18(2)17-11)10-19(7-4-6-16)9-12-5-3-8-20-12/h3,5,8H,4,7,9-10H2,1-2H3. The molecule has 106 valence electrons. The minimum atomic E-state index is 0.470. The number of rotatable bonds is 6. The van der Waals surface area contributed by atoms with Crippen molar-refractivity contribution in [3.05, 3.63) is 40.6 Å². The topological polar surface area (TPSA) is 58.0 Å². The van der Waals surface area contributed by atoms with Crippen LogP contribution in [0.25, 0.3) is 0 Å². The highest BCUT2D eigenvalue weighted by Crippen LogP contribution is 2.21. The zero-order valence-corrected chi connectivity index (χ0v) is 12.4. The molecule has 0 saturated heterocycles. The van der Waals surface area contributed by atoms with Crippen LogP contribution in [0.4, 0.5) is 0 Å². The molecule has 0 fully saturated rings. The minimum Gasteiger partial charge on any atom is -0.468 e. The molecule has 20 heavy (non-hydrogen) atoms. The average Bonchev–Trinajstić information content (AvgIpc) is 3.00. The second kappa shape index (κ2) is 6.60. The zero-order valence-electron chi connectivity index (χ0n) is 11.6. The maximum Gasteiger partial charge on any atom is 0.131 e. The molecule has 2 aromatic rings. The van der Waals surface area contributed by atoms with Gasteiger partial charge in [0.2, 0.25) is 0 Å². The molecule has 5 nitrogen and oxygen atoms in total. The van der Waals surface area contributed by atoms with Crippen LogP contribution in [-0.2, 0) is 20.1 Å². The lowest BCUT2D eigenvalue weighted by Gasteiger charge is -2.19. The molecular weight excluding hydrogens is 276 g/mol. The number of halogens is 1. The second-order valence-electron chi connectivity index (χ2n) is 4.68. The van der Waals surface area contributed by atoms with E-state index < -0.39 is 0 Å². The van der Waals surface area contributed by atoms with Gasteiger partial charge >= 0.3 is 0 Å². The molecule has 0 atom stereocenters. The summed E-state index contributed by atoms with van der Waals surface area (Å²) in [5.74, 6) is 0.876. The first-order valence-corrected chi connectivity index (χ1v) is 6.79. The van der Waals surface area contributed by atoms with Crippen molar-refractivity contribution in [2.45, 2.75) is 26.4 Å². The van der Waals surface area contributed by atoms with Crippen LogP contribution in [0.3, 0.4) is 0 Å². The van der Waals surface area contributed by atoms with Crippen molar-refractivity contribution in [2.24, 2.45) is 7.05 Å². The summed E-state index contributed by atoms with van der Waals surface area (Å²) in [4.78, 5) is 2.14. The van der Waals surface area contributed by atoms with Crippen molar-refractivity contribution in [3.8, 4) is 6.07 Å². The van der Waals surface area contributed by atoms with Crippen molar-refractivity contribution >= 4 is 11.6 Å². The first kappa shape index (κ1) is 14.6. The van der Waals surface area contributed by atoms with E-state index in [1.165, 1.54) is 0 Å². The molecule has 0 amide bonds. The van der Waals surface area contributed by atoms with E-state index in [-0.39, 0.29) is 0 Å². The van der Waals surface area contributed by atoms with Crippen LogP contribution in [0.5, 0.6) is 0 Å². The Balaban J connectivity index is 2.12. The van der Waals surface area contributed by atoms with Gasteiger partial charge in [0, 0.05) is 32.1 Å². The van der Waals surface area contributed by atoms with Crippen LogP contribution in [-0.4, -0.2) is 21.2 Å². The summed E-state index contributed by atoms with van der Waals surface area (Å²) in [7, 11) is 1.82. The van der Waals surface area contributed by atoms with Gasteiger partial charge in [-0.2, -0.15) is 10.4 Å². The molecule has 0 aliphatic rings. The highest BCUT2D eigenvalue weighted by molar-refractivity contribution is 6.30. The Hall–Kier alpha value is -1.77. The lowest BCUT2D eigenvalue weighted by molar-refractivity contribution is 0.240. The Bertz CT molecular complexity index is 597. The molecule has 0 bridgehead atoms. The van der Waals surface area contributed by atoms with E-state index in [0.717, 1.165) is 17.0 Å². The Morgan fingerprint density at radius 1 is 1.50 bits per heavy atom. The average molecular weight is 293 g/mol. The van der Waals surface area contributed by atoms with E-state index >= 15 is 0 Å². The number of furan rings is 1. The molecule has 0 radical (unpaired) electrons. The summed E-state index contributed by atoms with van der Waals surface area (Å²) >= 11 is 6.26. The summed E-state index contributed by atoms with van der Waals surface area (Å²) < 4.78 is 7.04. The molecule has 0 spiro atoms. The lowest BCUT2D eigenvalue weighted by Crippen LogP contribution is -2.24. The van der Waals surface area contributed by atoms with E-state index in [0.29, 0.717) is 31.2 Å². The number of hydrogen-bond acceptors (Lipinski definition) is 4. The Morgan fingerprint density at radius 2 is 2.30 bits per heavy atom. The lowest BCUT2D eigenvalue weighted by atomic mass is 10.2. The molecule has 2 rings (SSSR count). The molecule has 0 unspecified atom stereocenters. The number of nitrogens with zero attached hydrogens (tertiary/aromatic N) is 4. The number of aryl methyl sites for hydroxylation is 2. The third kappa shape index (κ3) is 3.41. The van der Waals surface area contributed by atoms with Gasteiger partial charge in [0.25, 0.3) is 0 Å². The Morgan fingerprint density at radius 3 is 2.85 bits per heavy atom. The van der Waals surface area contributed by atoms with Gasteiger partial charge in [-0.3, -0.25) is 9.58 Å². The van der Waals surface area contributed by atoms with Gasteiger partial charge in [-0.25, -0.2) is 0 Å². The van der Waals surface area contributed by atoms with Gasteiger partial charge in [-0.1, -0.05) is 11.6 Å². The first-order chi connectivity index (χ1) is 9.61. The molecule has 0 N–H and O–H groups in total. The molecule has 0 aromatic carbocycles. The second-order valence-corrected chi connectivity index (χ2v) is 5.03. The summed E-state index contributed by atoms with van der Waals surface area (Å²) in [6.45, 7) is 3.92. The number of aromatic nitrogens is 2. The maximum atomic E-state index is 8.78. The quantitative estimate of drug-likeness (QED) is 0.821. The Kier molecular flexibility index (Phi) is 4.83. The number of hydrogen-bond donors (Lipinski definition) is 0. The summed E-state index contributed by atoms with van der Waals surface area (Å²) in [5, 5.41) is 13.7. The predicted molar refractivity (Wildman–Crippen MR) is 76.0 cm³/mol. The molecule has 2 aromatic heterocycles. The van der Waals surface area contributed by atoms with E-state index in [1.807, 2.05) is 26.1 Å². The van der Waals surface area contributed by atoms with Gasteiger partial charge in [0.1, 0.15) is 10.9 Å². The van der Waals surface area contributed by atoms with Gasteiger partial charge in [0.05, 0.1) is 24.6 Å². The van der Waals surface area contributed by atoms with Crippen molar-refractivity contribution in [2.75, 3.05) is 6.54 Å². The largest absolute Gasteiger partial charge is 0.468 e. The Labute approximate surface area is 123 Å². The fourth-order valence-electron chi connectivity index (χ4n) is 2.12. The van der Waals surface area contributed by atoms with Crippen LogP contribution >= 0.6 is 11.6 Å². The fourth-order valence-corrected chi connectivity index (χ4v) is 2.36. The predicted octanol–water partition coefficient (Wildman–Crippen LogP) is 2.89. The highest BCUT2D eigenvalue weighted by atomic mass is 35.5. The van der Waals surface area contributed by atoms with Crippen molar-refractivity contribution in [1.29, 1.82) is 5.26 Å². The van der Waals surface area contributed by atoms with Crippen LogP contribution in [0, 0.1) is 18.3 Å². The van der Waals surface area contributed by atoms with Gasteiger partial charge in [0.15, 0.2) is 0 Å². The fraction of sp³-hybridized carbons (Fsp3) is 0.429. The summed E-state index contributed by atoms with van der Waals surface area (Å²) in [6.07, 6.45) is 2.12. The van der Waals surface area contributed by atoms with Gasteiger partial charge in [-0.15, -0.1) is 0 Å². The molecule has 0 aliphatic carbocycles. The smallest absolute Gasteiger partial charge is 0.131 e. The number of nitriles is 1. The molecule has 0 aliphatic heterocycles. The minimum absolute atomic E-state index is 0.470. The van der Waals surface area contributed by atoms with E-state index in [1.54, 1.807) is 10.9 Å². The molecule has 6 heteroatoms. The summed E-state index contributed by atoms with van der Waals surface area (Å²) in [6, 6.07) is 5.96. The zero-order chi connectivity index (χ0) is 14.5. The molecule has 0 saturated carbocycles. The monoisotopic (exact) mass is 292 g/mol. The van der Waals surface area contributed by atoms with E-state index in [2.05, 4.69) is 16.1 Å². The van der Waals surface area contributed by atoms with Gasteiger partial charge in [-0.05, 0) is 19.1 Å². The molecule has 2 heterocycles. The van der Waals surface area contributed by atoms with Crippen LogP contribution in [0.15, 0.2) is 22.8 Å². The highest BCUT2D eigenvalue weighted by Gasteiger charge is 2.16. The maximum absolute atomic E-state index is 8.78. The summed E-state index contributed by atoms with van der Waals surface area (Å²) in [5.41, 5.74) is 1.91. The molecular formula is C14H17ClN4O. The van der Waals surface area contributed by atoms with Crippen LogP contribution in [0.2, 0.25) is 5.15 Å². The third-order valence-corrected chi connectivity index (χ3v) is 3.62. The first-order valence-electron chi connectivity index (χ1n) is 6.41. The SMILES string of the molecule is Cc1nn(C)c(Cl)c1CN(CCC#N)Cc1ccco1. The van der Waals surface area contributed by atoms with Crippen molar-refractivity contribution < 1.29 is 4.42 Å². The van der Waals surface area contributed by atoms with Gasteiger partial charge < -0.3 is 4.42 Å².